The maximum Gasteiger partial charge on any atom is 0.253 e. The molecule has 0 spiro atoms. The number of hydrogen-bond acceptors (Lipinski definition) is 1. The zero-order valence-electron chi connectivity index (χ0n) is 8.28. The summed E-state index contributed by atoms with van der Waals surface area (Å²) in [6, 6.07) is 2.04. The van der Waals surface area contributed by atoms with Crippen molar-refractivity contribution in [3.63, 3.8) is 0 Å². The van der Waals surface area contributed by atoms with Crippen molar-refractivity contribution in [3.05, 3.63) is 33.3 Å². The molecule has 1 aromatic carbocycles. The maximum absolute atomic E-state index is 11.6. The van der Waals surface area contributed by atoms with Gasteiger partial charge in [0.05, 0.1) is 10.6 Å². The summed E-state index contributed by atoms with van der Waals surface area (Å²) < 4.78 is 0. The summed E-state index contributed by atoms with van der Waals surface area (Å²) in [5, 5.41) is 3.41. The zero-order chi connectivity index (χ0) is 10.3. The quantitative estimate of drug-likeness (QED) is 0.698. The summed E-state index contributed by atoms with van der Waals surface area (Å²) in [4.78, 5) is 11.6. The predicted molar refractivity (Wildman–Crippen MR) is 57.0 cm³/mol. The van der Waals surface area contributed by atoms with E-state index >= 15 is 0 Å². The number of carbonyl (C=O) groups excluding carboxylic acids is 1. The van der Waals surface area contributed by atoms with Crippen LogP contribution in [0.4, 0.5) is 0 Å². The Bertz CT molecular complexity index is 412. The molecule has 3 heteroatoms. The van der Waals surface area contributed by atoms with Crippen LogP contribution in [0.15, 0.2) is 6.07 Å². The molecule has 14 heavy (non-hydrogen) atoms. The number of hydrogen-bond donors (Lipinski definition) is 1. The molecule has 2 rings (SSSR count). The highest BCUT2D eigenvalue weighted by molar-refractivity contribution is 6.35. The molecule has 0 unspecified atom stereocenters. The Balaban J connectivity index is 2.73. The van der Waals surface area contributed by atoms with Gasteiger partial charge in [-0.05, 0) is 37.0 Å². The molecule has 1 aliphatic heterocycles. The van der Waals surface area contributed by atoms with Crippen molar-refractivity contribution in [3.8, 4) is 0 Å². The Morgan fingerprint density at radius 2 is 2.07 bits per heavy atom. The predicted octanol–water partition coefficient (Wildman–Crippen LogP) is 2.24. The second-order valence-corrected chi connectivity index (χ2v) is 4.06. The molecule has 2 nitrogen and oxygen atoms in total. The number of benzene rings is 1. The van der Waals surface area contributed by atoms with Crippen LogP contribution in [0.1, 0.15) is 27.0 Å². The van der Waals surface area contributed by atoms with Gasteiger partial charge < -0.3 is 5.32 Å². The molecule has 0 saturated carbocycles. The molecule has 1 amide bonds. The Morgan fingerprint density at radius 3 is 2.79 bits per heavy atom. The fraction of sp³-hybridized carbons (Fsp3) is 0.364. The summed E-state index contributed by atoms with van der Waals surface area (Å²) in [5.41, 5.74) is 3.91. The van der Waals surface area contributed by atoms with E-state index in [1.807, 2.05) is 19.9 Å². The van der Waals surface area contributed by atoms with Crippen LogP contribution in [-0.4, -0.2) is 12.5 Å². The van der Waals surface area contributed by atoms with E-state index in [1.165, 1.54) is 0 Å². The number of carbonyl (C=O) groups is 1. The van der Waals surface area contributed by atoms with Crippen molar-refractivity contribution in [1.82, 2.24) is 5.32 Å². The van der Waals surface area contributed by atoms with E-state index in [0.29, 0.717) is 17.1 Å². The van der Waals surface area contributed by atoms with Crippen molar-refractivity contribution in [1.29, 1.82) is 0 Å². The largest absolute Gasteiger partial charge is 0.352 e. The lowest BCUT2D eigenvalue weighted by Crippen LogP contribution is -2.32. The highest BCUT2D eigenvalue weighted by Crippen LogP contribution is 2.29. The number of halogens is 1. The van der Waals surface area contributed by atoms with E-state index in [-0.39, 0.29) is 5.91 Å². The van der Waals surface area contributed by atoms with E-state index < -0.39 is 0 Å². The summed E-state index contributed by atoms with van der Waals surface area (Å²) in [6.45, 7) is 4.67. The van der Waals surface area contributed by atoms with Crippen molar-refractivity contribution < 1.29 is 4.79 Å². The average Bonchev–Trinajstić information content (AvgIpc) is 2.14. The van der Waals surface area contributed by atoms with Gasteiger partial charge in [-0.25, -0.2) is 0 Å². The summed E-state index contributed by atoms with van der Waals surface area (Å²) >= 11 is 6.12. The summed E-state index contributed by atoms with van der Waals surface area (Å²) in [6.07, 6.45) is 0.882. The molecule has 0 bridgehead atoms. The van der Waals surface area contributed by atoms with E-state index in [0.717, 1.165) is 23.1 Å². The third-order valence-corrected chi connectivity index (χ3v) is 3.15. The van der Waals surface area contributed by atoms with Crippen LogP contribution in [0.25, 0.3) is 0 Å². The van der Waals surface area contributed by atoms with E-state index in [1.54, 1.807) is 0 Å². The molecular weight excluding hydrogens is 198 g/mol. The maximum atomic E-state index is 11.6. The molecule has 0 fully saturated rings. The van der Waals surface area contributed by atoms with Crippen LogP contribution in [0.3, 0.4) is 0 Å². The van der Waals surface area contributed by atoms with Gasteiger partial charge in [-0.2, -0.15) is 0 Å². The van der Waals surface area contributed by atoms with Gasteiger partial charge in [0.2, 0.25) is 0 Å². The molecule has 0 aromatic heterocycles. The SMILES string of the molecule is Cc1cc(C)c2c(c1Cl)C(=O)NCC2. The van der Waals surface area contributed by atoms with Gasteiger partial charge in [-0.15, -0.1) is 0 Å². The van der Waals surface area contributed by atoms with E-state index in [2.05, 4.69) is 5.32 Å². The van der Waals surface area contributed by atoms with Gasteiger partial charge in [0.15, 0.2) is 0 Å². The Kier molecular flexibility index (Phi) is 2.23. The minimum Gasteiger partial charge on any atom is -0.352 e. The standard InChI is InChI=1S/C11H12ClNO/c1-6-5-7(2)10(12)9-8(6)3-4-13-11(9)14/h5H,3-4H2,1-2H3,(H,13,14). The van der Waals surface area contributed by atoms with Crippen LogP contribution >= 0.6 is 11.6 Å². The Morgan fingerprint density at radius 1 is 1.36 bits per heavy atom. The number of fused-ring (bicyclic) bond motifs is 1. The first-order valence-electron chi connectivity index (χ1n) is 4.68. The van der Waals surface area contributed by atoms with Crippen molar-refractivity contribution in [2.75, 3.05) is 6.54 Å². The second kappa shape index (κ2) is 3.28. The van der Waals surface area contributed by atoms with Crippen LogP contribution in [0.2, 0.25) is 5.02 Å². The minimum atomic E-state index is -0.0388. The minimum absolute atomic E-state index is 0.0388. The van der Waals surface area contributed by atoms with Gasteiger partial charge in [-0.1, -0.05) is 17.7 Å². The average molecular weight is 210 g/mol. The van der Waals surface area contributed by atoms with Crippen molar-refractivity contribution in [2.45, 2.75) is 20.3 Å². The highest BCUT2D eigenvalue weighted by atomic mass is 35.5. The third-order valence-electron chi connectivity index (χ3n) is 2.66. The highest BCUT2D eigenvalue weighted by Gasteiger charge is 2.22. The third kappa shape index (κ3) is 1.30. The Labute approximate surface area is 88.3 Å². The van der Waals surface area contributed by atoms with Crippen molar-refractivity contribution >= 4 is 17.5 Å². The molecule has 0 radical (unpaired) electrons. The molecule has 0 saturated heterocycles. The molecule has 0 aliphatic carbocycles. The van der Waals surface area contributed by atoms with Crippen LogP contribution in [0, 0.1) is 13.8 Å². The molecule has 1 N–H and O–H groups in total. The lowest BCUT2D eigenvalue weighted by atomic mass is 9.93. The molecule has 0 atom stereocenters. The molecule has 74 valence electrons. The summed E-state index contributed by atoms with van der Waals surface area (Å²) in [7, 11) is 0. The Hall–Kier alpha value is -1.02. The second-order valence-electron chi connectivity index (χ2n) is 3.68. The normalized spacial score (nSPS) is 14.9. The molecular formula is C11H12ClNO. The number of rotatable bonds is 0. The van der Waals surface area contributed by atoms with Gasteiger partial charge in [0.25, 0.3) is 5.91 Å². The van der Waals surface area contributed by atoms with Gasteiger partial charge >= 0.3 is 0 Å². The first-order valence-corrected chi connectivity index (χ1v) is 5.06. The summed E-state index contributed by atoms with van der Waals surface area (Å²) in [5.74, 6) is -0.0388. The van der Waals surface area contributed by atoms with E-state index in [9.17, 15) is 4.79 Å². The van der Waals surface area contributed by atoms with Crippen LogP contribution in [0.5, 0.6) is 0 Å². The van der Waals surface area contributed by atoms with Crippen LogP contribution in [-0.2, 0) is 6.42 Å². The molecule has 1 aliphatic rings. The van der Waals surface area contributed by atoms with E-state index in [4.69, 9.17) is 11.6 Å². The number of amides is 1. The van der Waals surface area contributed by atoms with Gasteiger partial charge in [-0.3, -0.25) is 4.79 Å². The van der Waals surface area contributed by atoms with Crippen molar-refractivity contribution in [2.24, 2.45) is 0 Å². The topological polar surface area (TPSA) is 29.1 Å². The number of nitrogens with one attached hydrogen (secondary N) is 1. The van der Waals surface area contributed by atoms with Gasteiger partial charge in [0.1, 0.15) is 0 Å². The van der Waals surface area contributed by atoms with Gasteiger partial charge in [0, 0.05) is 6.54 Å². The lowest BCUT2D eigenvalue weighted by molar-refractivity contribution is 0.0946. The molecule has 1 aromatic rings. The lowest BCUT2D eigenvalue weighted by Gasteiger charge is -2.20. The first-order chi connectivity index (χ1) is 6.61. The van der Waals surface area contributed by atoms with Crippen LogP contribution < -0.4 is 5.32 Å². The smallest absolute Gasteiger partial charge is 0.253 e. The fourth-order valence-electron chi connectivity index (χ4n) is 1.95. The first kappa shape index (κ1) is 9.53. The zero-order valence-corrected chi connectivity index (χ0v) is 9.03. The fourth-order valence-corrected chi connectivity index (χ4v) is 2.20. The number of aryl methyl sites for hydroxylation is 2. The molecule has 1 heterocycles. The monoisotopic (exact) mass is 209 g/mol.